The Morgan fingerprint density at radius 2 is 1.10 bits per heavy atom. The van der Waals surface area contributed by atoms with Crippen molar-refractivity contribution < 1.29 is 14.3 Å². The lowest BCUT2D eigenvalue weighted by atomic mass is 10.1. The fourth-order valence-corrected chi connectivity index (χ4v) is 5.10. The van der Waals surface area contributed by atoms with Gasteiger partial charge in [-0.2, -0.15) is 0 Å². The number of benzene rings is 4. The summed E-state index contributed by atoms with van der Waals surface area (Å²) in [7, 11) is 0. The first-order valence-electron chi connectivity index (χ1n) is 14.4. The lowest BCUT2D eigenvalue weighted by Gasteiger charge is -2.26. The molecule has 214 valence electrons. The van der Waals surface area contributed by atoms with E-state index in [1.54, 1.807) is 9.80 Å². The van der Waals surface area contributed by atoms with Crippen LogP contribution in [0.2, 0.25) is 0 Å². The van der Waals surface area contributed by atoms with E-state index in [4.69, 9.17) is 4.74 Å². The minimum Gasteiger partial charge on any atom is -0.439 e. The first kappa shape index (κ1) is 28.5. The molecule has 1 aliphatic rings. The molecular formula is C33H39N5O3. The van der Waals surface area contributed by atoms with Gasteiger partial charge in [-0.05, 0) is 44.8 Å². The molecule has 1 fully saturated rings. The summed E-state index contributed by atoms with van der Waals surface area (Å²) in [6.07, 6.45) is -0.464. The minimum atomic E-state index is -0.464. The molecule has 2 amide bonds. The number of amides is 2. The molecule has 0 bridgehead atoms. The smallest absolute Gasteiger partial charge is 0.410 e. The lowest BCUT2D eigenvalue weighted by molar-refractivity contribution is -0.135. The summed E-state index contributed by atoms with van der Waals surface area (Å²) in [5.74, 6) is -0.226. The van der Waals surface area contributed by atoms with Gasteiger partial charge in [0.2, 0.25) is 0 Å². The van der Waals surface area contributed by atoms with Gasteiger partial charge in [0.15, 0.2) is 6.61 Å². The van der Waals surface area contributed by atoms with Crippen LogP contribution in [0.1, 0.15) is 11.1 Å². The molecule has 4 aromatic rings. The van der Waals surface area contributed by atoms with E-state index in [1.165, 1.54) is 0 Å². The first-order valence-corrected chi connectivity index (χ1v) is 14.4. The third-order valence-electron chi connectivity index (χ3n) is 7.38. The minimum absolute atomic E-state index is 0.226. The van der Waals surface area contributed by atoms with Gasteiger partial charge in [0, 0.05) is 65.4 Å². The van der Waals surface area contributed by atoms with Gasteiger partial charge < -0.3 is 30.5 Å². The molecule has 0 aliphatic carbocycles. The molecule has 8 heteroatoms. The molecule has 0 radical (unpaired) electrons. The molecule has 3 N–H and O–H groups in total. The molecule has 4 aromatic carbocycles. The molecular weight excluding hydrogens is 514 g/mol. The van der Waals surface area contributed by atoms with Gasteiger partial charge in [-0.15, -0.1) is 0 Å². The number of hydrogen-bond acceptors (Lipinski definition) is 6. The predicted octanol–water partition coefficient (Wildman–Crippen LogP) is 3.74. The highest BCUT2D eigenvalue weighted by Crippen LogP contribution is 2.20. The third kappa shape index (κ3) is 8.27. The van der Waals surface area contributed by atoms with Crippen molar-refractivity contribution in [1.29, 1.82) is 0 Å². The van der Waals surface area contributed by atoms with E-state index < -0.39 is 6.09 Å². The maximum Gasteiger partial charge on any atom is 0.410 e. The molecule has 0 atom stereocenters. The van der Waals surface area contributed by atoms with E-state index >= 15 is 0 Å². The molecule has 41 heavy (non-hydrogen) atoms. The zero-order chi connectivity index (χ0) is 28.3. The summed E-state index contributed by atoms with van der Waals surface area (Å²) < 4.78 is 5.59. The topological polar surface area (TPSA) is 85.9 Å². The predicted molar refractivity (Wildman–Crippen MR) is 164 cm³/mol. The third-order valence-corrected chi connectivity index (χ3v) is 7.38. The van der Waals surface area contributed by atoms with Crippen LogP contribution >= 0.6 is 0 Å². The van der Waals surface area contributed by atoms with Gasteiger partial charge in [0.25, 0.3) is 5.91 Å². The highest BCUT2D eigenvalue weighted by molar-refractivity contribution is 5.85. The Morgan fingerprint density at radius 1 is 0.634 bits per heavy atom. The van der Waals surface area contributed by atoms with E-state index in [0.717, 1.165) is 58.9 Å². The molecule has 1 heterocycles. The largest absolute Gasteiger partial charge is 0.439 e. The number of fused-ring (bicyclic) bond motifs is 2. The quantitative estimate of drug-likeness (QED) is 0.337. The second-order valence-electron chi connectivity index (χ2n) is 10.4. The van der Waals surface area contributed by atoms with Crippen LogP contribution in [0, 0.1) is 0 Å². The van der Waals surface area contributed by atoms with Crippen LogP contribution in [0.5, 0.6) is 0 Å². The first-order chi connectivity index (χ1) is 20.2. The Morgan fingerprint density at radius 3 is 1.61 bits per heavy atom. The van der Waals surface area contributed by atoms with E-state index in [9.17, 15) is 9.59 Å². The molecule has 8 nitrogen and oxygen atoms in total. The molecule has 1 aliphatic heterocycles. The summed E-state index contributed by atoms with van der Waals surface area (Å²) in [6, 6.07) is 28.9. The van der Waals surface area contributed by atoms with Crippen LogP contribution in [0.25, 0.3) is 21.5 Å². The maximum atomic E-state index is 13.6. The van der Waals surface area contributed by atoms with Gasteiger partial charge in [-0.3, -0.25) is 4.79 Å². The van der Waals surface area contributed by atoms with Crippen LogP contribution in [0.3, 0.4) is 0 Å². The molecule has 0 aromatic heterocycles. The zero-order valence-corrected chi connectivity index (χ0v) is 23.5. The highest BCUT2D eigenvalue weighted by Gasteiger charge is 2.20. The number of carbonyl (C=O) groups excluding carboxylic acids is 2. The fraction of sp³-hybridized carbons (Fsp3) is 0.333. The number of ether oxygens (including phenoxy) is 1. The summed E-state index contributed by atoms with van der Waals surface area (Å²) in [6.45, 7) is 6.33. The number of rotatable bonds is 6. The Labute approximate surface area is 241 Å². The van der Waals surface area contributed by atoms with Crippen molar-refractivity contribution >= 4 is 33.5 Å². The van der Waals surface area contributed by atoms with Crippen LogP contribution in [0.15, 0.2) is 84.9 Å². The molecule has 1 saturated heterocycles. The van der Waals surface area contributed by atoms with Crippen LogP contribution < -0.4 is 16.0 Å². The van der Waals surface area contributed by atoms with Crippen molar-refractivity contribution in [1.82, 2.24) is 25.8 Å². The maximum absolute atomic E-state index is 13.6. The van der Waals surface area contributed by atoms with Crippen LogP contribution in [-0.4, -0.2) is 80.8 Å². The Kier molecular flexibility index (Phi) is 10.2. The van der Waals surface area contributed by atoms with Gasteiger partial charge in [0.1, 0.15) is 0 Å². The molecule has 5 rings (SSSR count). The summed E-state index contributed by atoms with van der Waals surface area (Å²) in [4.78, 5) is 30.0. The van der Waals surface area contributed by atoms with E-state index in [1.807, 2.05) is 24.3 Å². The second-order valence-corrected chi connectivity index (χ2v) is 10.4. The number of nitrogens with one attached hydrogen (secondary N) is 3. The van der Waals surface area contributed by atoms with Crippen molar-refractivity contribution in [3.8, 4) is 0 Å². The Bertz CT molecular complexity index is 1370. The van der Waals surface area contributed by atoms with Crippen LogP contribution in [-0.2, 0) is 22.6 Å². The normalized spacial score (nSPS) is 15.2. The monoisotopic (exact) mass is 553 g/mol. The van der Waals surface area contributed by atoms with Gasteiger partial charge >= 0.3 is 6.09 Å². The average Bonchev–Trinajstić information content (AvgIpc) is 2.99. The Hall–Kier alpha value is -3.98. The number of carbonyl (C=O) groups is 2. The van der Waals surface area contributed by atoms with E-state index in [0.29, 0.717) is 39.3 Å². The zero-order valence-electron chi connectivity index (χ0n) is 23.5. The number of nitrogens with zero attached hydrogens (tertiary/aromatic N) is 2. The molecule has 0 saturated carbocycles. The Balaban J connectivity index is 1.28. The van der Waals surface area contributed by atoms with Gasteiger partial charge in [-0.25, -0.2) is 4.79 Å². The van der Waals surface area contributed by atoms with Crippen molar-refractivity contribution in [2.75, 3.05) is 59.0 Å². The van der Waals surface area contributed by atoms with E-state index in [2.05, 4.69) is 76.6 Å². The van der Waals surface area contributed by atoms with Crippen molar-refractivity contribution in [2.45, 2.75) is 13.1 Å². The summed E-state index contributed by atoms with van der Waals surface area (Å²) >= 11 is 0. The second kappa shape index (κ2) is 14.6. The fourth-order valence-electron chi connectivity index (χ4n) is 5.10. The van der Waals surface area contributed by atoms with Gasteiger partial charge in [-0.1, -0.05) is 72.8 Å². The van der Waals surface area contributed by atoms with Crippen LogP contribution in [0.4, 0.5) is 4.79 Å². The van der Waals surface area contributed by atoms with E-state index in [-0.39, 0.29) is 12.5 Å². The molecule has 0 unspecified atom stereocenters. The average molecular weight is 554 g/mol. The van der Waals surface area contributed by atoms with Crippen molar-refractivity contribution in [3.63, 3.8) is 0 Å². The van der Waals surface area contributed by atoms with Gasteiger partial charge in [0.05, 0.1) is 0 Å². The standard InChI is InChI=1S/C33H39N5O3/c39-32(25-41-33(40)37-19-17-35-15-13-34-14-16-36-18-20-37)38(23-26-9-11-28-5-1-3-7-30(28)21-26)24-27-10-12-29-6-2-4-8-31(29)22-27/h1-12,21-22,34-36H,13-20,23-25H2. The SMILES string of the molecule is O=C(COC(=O)N1CCNCCNCCNCC1)N(Cc1ccc2ccccc2c1)Cc1ccc2ccccc2c1. The number of hydrogen-bond donors (Lipinski definition) is 3. The summed E-state index contributed by atoms with van der Waals surface area (Å²) in [5, 5.41) is 14.6. The summed E-state index contributed by atoms with van der Waals surface area (Å²) in [5.41, 5.74) is 2.05. The van der Waals surface area contributed by atoms with Crippen molar-refractivity contribution in [2.24, 2.45) is 0 Å². The highest BCUT2D eigenvalue weighted by atomic mass is 16.6. The van der Waals surface area contributed by atoms with Crippen molar-refractivity contribution in [3.05, 3.63) is 96.1 Å². The lowest BCUT2D eigenvalue weighted by Crippen LogP contribution is -2.45. The molecule has 0 spiro atoms.